The lowest BCUT2D eigenvalue weighted by Crippen LogP contribution is -2.30. The Bertz CT molecular complexity index is 323. The molecule has 0 aromatic heterocycles. The summed E-state index contributed by atoms with van der Waals surface area (Å²) in [6.45, 7) is 7.60. The largest absolute Gasteiger partial charge is 0.399 e. The first-order valence-corrected chi connectivity index (χ1v) is 5.23. The van der Waals surface area contributed by atoms with Gasteiger partial charge in [-0.05, 0) is 42.5 Å². The zero-order valence-electron chi connectivity index (χ0n) is 9.09. The molecule has 1 aliphatic rings. The molecule has 0 saturated carbocycles. The van der Waals surface area contributed by atoms with E-state index in [1.165, 1.54) is 16.7 Å². The second kappa shape index (κ2) is 3.28. The van der Waals surface area contributed by atoms with Crippen molar-refractivity contribution in [1.82, 2.24) is 5.32 Å². The third kappa shape index (κ3) is 1.40. The molecule has 1 aliphatic heterocycles. The van der Waals surface area contributed by atoms with E-state index in [1.807, 2.05) is 0 Å². The predicted molar refractivity (Wildman–Crippen MR) is 60.4 cm³/mol. The maximum absolute atomic E-state index is 5.92. The topological polar surface area (TPSA) is 38.0 Å². The van der Waals surface area contributed by atoms with Gasteiger partial charge in [0.2, 0.25) is 0 Å². The number of hydrogen-bond donors (Lipinski definition) is 2. The molecule has 2 atom stereocenters. The zero-order valence-corrected chi connectivity index (χ0v) is 9.09. The van der Waals surface area contributed by atoms with Crippen LogP contribution in [0.1, 0.15) is 42.5 Å². The summed E-state index contributed by atoms with van der Waals surface area (Å²) in [4.78, 5) is 0. The first-order chi connectivity index (χ1) is 6.59. The van der Waals surface area contributed by atoms with Gasteiger partial charge in [-0.1, -0.05) is 13.0 Å². The quantitative estimate of drug-likeness (QED) is 0.616. The molecule has 14 heavy (non-hydrogen) atoms. The molecule has 0 aliphatic carbocycles. The van der Waals surface area contributed by atoms with Crippen LogP contribution >= 0.6 is 0 Å². The van der Waals surface area contributed by atoms with E-state index in [-0.39, 0.29) is 0 Å². The molecule has 0 saturated heterocycles. The van der Waals surface area contributed by atoms with E-state index >= 15 is 0 Å². The van der Waals surface area contributed by atoms with E-state index in [2.05, 4.69) is 38.2 Å². The van der Waals surface area contributed by atoms with Gasteiger partial charge in [0.25, 0.3) is 0 Å². The maximum Gasteiger partial charge on any atom is 0.0347 e. The fourth-order valence-corrected chi connectivity index (χ4v) is 2.14. The summed E-state index contributed by atoms with van der Waals surface area (Å²) < 4.78 is 0. The Morgan fingerprint density at radius 3 is 2.71 bits per heavy atom. The van der Waals surface area contributed by atoms with E-state index < -0.39 is 0 Å². The second-order valence-corrected chi connectivity index (χ2v) is 4.37. The van der Waals surface area contributed by atoms with Crippen molar-refractivity contribution in [2.75, 3.05) is 12.3 Å². The fourth-order valence-electron chi connectivity index (χ4n) is 2.14. The highest BCUT2D eigenvalue weighted by Crippen LogP contribution is 2.32. The molecule has 1 heterocycles. The minimum Gasteiger partial charge on any atom is -0.399 e. The van der Waals surface area contributed by atoms with Gasteiger partial charge in [-0.15, -0.1) is 0 Å². The normalized spacial score (nSPS) is 25.9. The molecule has 0 spiro atoms. The van der Waals surface area contributed by atoms with Crippen LogP contribution in [0.15, 0.2) is 12.1 Å². The zero-order chi connectivity index (χ0) is 10.3. The lowest BCUT2D eigenvalue weighted by Gasteiger charge is -2.29. The van der Waals surface area contributed by atoms with Crippen molar-refractivity contribution in [3.05, 3.63) is 28.8 Å². The van der Waals surface area contributed by atoms with E-state index in [0.29, 0.717) is 12.0 Å². The number of aryl methyl sites for hydroxylation is 1. The van der Waals surface area contributed by atoms with Crippen molar-refractivity contribution in [3.8, 4) is 0 Å². The van der Waals surface area contributed by atoms with Crippen LogP contribution in [0.5, 0.6) is 0 Å². The summed E-state index contributed by atoms with van der Waals surface area (Å²) in [5, 5.41) is 3.48. The smallest absolute Gasteiger partial charge is 0.0347 e. The average Bonchev–Trinajstić information content (AvgIpc) is 2.15. The molecular formula is C12H18N2. The third-order valence-corrected chi connectivity index (χ3v) is 3.20. The third-order valence-electron chi connectivity index (χ3n) is 3.20. The van der Waals surface area contributed by atoms with E-state index in [9.17, 15) is 0 Å². The van der Waals surface area contributed by atoms with Gasteiger partial charge in [0.1, 0.15) is 0 Å². The Morgan fingerprint density at radius 1 is 1.29 bits per heavy atom. The summed E-state index contributed by atoms with van der Waals surface area (Å²) >= 11 is 0. The summed E-state index contributed by atoms with van der Waals surface area (Å²) in [6.07, 6.45) is 0. The molecule has 0 amide bonds. The molecule has 0 radical (unpaired) electrons. The molecular weight excluding hydrogens is 172 g/mol. The predicted octanol–water partition coefficient (Wildman–Crippen LogP) is 2.34. The number of nitrogens with one attached hydrogen (secondary N) is 1. The minimum absolute atomic E-state index is 0.434. The molecule has 3 N–H and O–H groups in total. The monoisotopic (exact) mass is 190 g/mol. The van der Waals surface area contributed by atoms with Gasteiger partial charge in [-0.25, -0.2) is 0 Å². The maximum atomic E-state index is 5.92. The van der Waals surface area contributed by atoms with Crippen molar-refractivity contribution < 1.29 is 0 Å². The van der Waals surface area contributed by atoms with Gasteiger partial charge in [-0.3, -0.25) is 0 Å². The van der Waals surface area contributed by atoms with Gasteiger partial charge >= 0.3 is 0 Å². The summed E-state index contributed by atoms with van der Waals surface area (Å²) in [6, 6.07) is 4.80. The van der Waals surface area contributed by atoms with Crippen molar-refractivity contribution >= 4 is 5.69 Å². The number of hydrogen-bond acceptors (Lipinski definition) is 2. The van der Waals surface area contributed by atoms with Crippen LogP contribution in [0.3, 0.4) is 0 Å². The molecule has 0 fully saturated rings. The molecule has 0 bridgehead atoms. The summed E-state index contributed by atoms with van der Waals surface area (Å²) in [7, 11) is 0. The summed E-state index contributed by atoms with van der Waals surface area (Å²) in [5.74, 6) is 0.598. The fraction of sp³-hybridized carbons (Fsp3) is 0.500. The Hall–Kier alpha value is -1.02. The molecule has 2 nitrogen and oxygen atoms in total. The summed E-state index contributed by atoms with van der Waals surface area (Å²) in [5.41, 5.74) is 10.9. The number of fused-ring (bicyclic) bond motifs is 1. The molecule has 1 aromatic carbocycles. The van der Waals surface area contributed by atoms with Gasteiger partial charge in [0.15, 0.2) is 0 Å². The lowest BCUT2D eigenvalue weighted by atomic mass is 9.86. The number of nitrogens with two attached hydrogens (primary N) is 1. The van der Waals surface area contributed by atoms with Crippen LogP contribution in [0.4, 0.5) is 5.69 Å². The SMILES string of the molecule is Cc1cc2c(cc1N)C(C)NCC2C. The first-order valence-electron chi connectivity index (χ1n) is 5.23. The highest BCUT2D eigenvalue weighted by Gasteiger charge is 2.21. The van der Waals surface area contributed by atoms with Crippen LogP contribution < -0.4 is 11.1 Å². The van der Waals surface area contributed by atoms with Crippen molar-refractivity contribution in [2.24, 2.45) is 0 Å². The van der Waals surface area contributed by atoms with E-state index in [0.717, 1.165) is 12.2 Å². The van der Waals surface area contributed by atoms with Crippen LogP contribution in [-0.2, 0) is 0 Å². The lowest BCUT2D eigenvalue weighted by molar-refractivity contribution is 0.495. The Labute approximate surface area is 85.5 Å². The van der Waals surface area contributed by atoms with Gasteiger partial charge < -0.3 is 11.1 Å². The van der Waals surface area contributed by atoms with Gasteiger partial charge in [-0.2, -0.15) is 0 Å². The first kappa shape index (κ1) is 9.53. The minimum atomic E-state index is 0.434. The standard InChI is InChI=1S/C12H18N2/c1-7-4-10-8(2)6-14-9(3)11(10)5-12(7)13/h4-5,8-9,14H,6,13H2,1-3H3. The molecule has 2 unspecified atom stereocenters. The molecule has 2 rings (SSSR count). The highest BCUT2D eigenvalue weighted by molar-refractivity contribution is 5.53. The van der Waals surface area contributed by atoms with Crippen LogP contribution in [-0.4, -0.2) is 6.54 Å². The van der Waals surface area contributed by atoms with E-state index in [1.54, 1.807) is 0 Å². The Morgan fingerprint density at radius 2 is 2.00 bits per heavy atom. The van der Waals surface area contributed by atoms with Crippen molar-refractivity contribution in [3.63, 3.8) is 0 Å². The highest BCUT2D eigenvalue weighted by atomic mass is 14.9. The van der Waals surface area contributed by atoms with Crippen LogP contribution in [0.2, 0.25) is 0 Å². The van der Waals surface area contributed by atoms with Gasteiger partial charge in [0, 0.05) is 18.3 Å². The van der Waals surface area contributed by atoms with Crippen LogP contribution in [0.25, 0.3) is 0 Å². The van der Waals surface area contributed by atoms with Crippen LogP contribution in [0, 0.1) is 6.92 Å². The Balaban J connectivity index is 2.56. The number of anilines is 1. The van der Waals surface area contributed by atoms with Crippen molar-refractivity contribution in [1.29, 1.82) is 0 Å². The molecule has 2 heteroatoms. The van der Waals surface area contributed by atoms with E-state index in [4.69, 9.17) is 5.73 Å². The average molecular weight is 190 g/mol. The Kier molecular flexibility index (Phi) is 2.23. The molecule has 1 aromatic rings. The number of benzene rings is 1. The van der Waals surface area contributed by atoms with Crippen molar-refractivity contribution in [2.45, 2.75) is 32.7 Å². The number of rotatable bonds is 0. The second-order valence-electron chi connectivity index (χ2n) is 4.37. The van der Waals surface area contributed by atoms with Gasteiger partial charge in [0.05, 0.1) is 0 Å². The molecule has 76 valence electrons. The number of nitrogen functional groups attached to an aromatic ring is 1.